The second-order valence-corrected chi connectivity index (χ2v) is 6.13. The molecule has 1 nitrogen and oxygen atoms in total. The summed E-state index contributed by atoms with van der Waals surface area (Å²) < 4.78 is 37.2. The monoisotopic (exact) mass is 297 g/mol. The predicted octanol–water partition coefficient (Wildman–Crippen LogP) is 4.91. The lowest BCUT2D eigenvalue weighted by Gasteiger charge is -2.12. The molecule has 1 aromatic rings. The molecular weight excluding hydrogens is 283 g/mol. The maximum atomic E-state index is 12.4. The van der Waals surface area contributed by atoms with Crippen LogP contribution in [0.4, 0.5) is 18.9 Å². The van der Waals surface area contributed by atoms with Crippen LogP contribution in [0, 0.1) is 0 Å². The fourth-order valence-electron chi connectivity index (χ4n) is 1.32. The van der Waals surface area contributed by atoms with Gasteiger partial charge in [0.05, 0.1) is 16.3 Å². The SMILES string of the molecule is CC(C)SCCNc1ccc(C(F)(F)F)cc1Cl. The minimum atomic E-state index is -4.35. The molecule has 0 fully saturated rings. The maximum absolute atomic E-state index is 12.4. The van der Waals surface area contributed by atoms with Crippen LogP contribution in [0.1, 0.15) is 19.4 Å². The Morgan fingerprint density at radius 3 is 2.50 bits per heavy atom. The van der Waals surface area contributed by atoms with E-state index in [1.54, 1.807) is 11.8 Å². The first-order valence-corrected chi connectivity index (χ1v) is 6.95. The summed E-state index contributed by atoms with van der Waals surface area (Å²) in [4.78, 5) is 0. The molecule has 0 unspecified atom stereocenters. The van der Waals surface area contributed by atoms with Gasteiger partial charge in [-0.2, -0.15) is 24.9 Å². The minimum absolute atomic E-state index is 0.0966. The van der Waals surface area contributed by atoms with Crippen molar-refractivity contribution in [2.24, 2.45) is 0 Å². The van der Waals surface area contributed by atoms with Gasteiger partial charge in [-0.25, -0.2) is 0 Å². The van der Waals surface area contributed by atoms with Crippen molar-refractivity contribution in [1.82, 2.24) is 0 Å². The van der Waals surface area contributed by atoms with Crippen LogP contribution < -0.4 is 5.32 Å². The van der Waals surface area contributed by atoms with Crippen LogP contribution in [0.2, 0.25) is 5.02 Å². The van der Waals surface area contributed by atoms with Gasteiger partial charge in [0.15, 0.2) is 0 Å². The summed E-state index contributed by atoms with van der Waals surface area (Å²) in [5.74, 6) is 0.884. The first-order valence-electron chi connectivity index (χ1n) is 5.53. The van der Waals surface area contributed by atoms with Crippen LogP contribution in [0.15, 0.2) is 18.2 Å². The fourth-order valence-corrected chi connectivity index (χ4v) is 2.25. The molecule has 0 spiro atoms. The normalized spacial score (nSPS) is 11.9. The van der Waals surface area contributed by atoms with Crippen molar-refractivity contribution in [3.05, 3.63) is 28.8 Å². The van der Waals surface area contributed by atoms with Gasteiger partial charge in [0.2, 0.25) is 0 Å². The average molecular weight is 298 g/mol. The summed E-state index contributed by atoms with van der Waals surface area (Å²) >= 11 is 7.59. The molecule has 0 aliphatic carbocycles. The number of alkyl halides is 3. The molecule has 0 amide bonds. The van der Waals surface area contributed by atoms with E-state index >= 15 is 0 Å². The molecule has 0 heterocycles. The van der Waals surface area contributed by atoms with Crippen LogP contribution >= 0.6 is 23.4 Å². The van der Waals surface area contributed by atoms with Crippen LogP contribution in [-0.4, -0.2) is 17.5 Å². The number of anilines is 1. The molecule has 0 atom stereocenters. The van der Waals surface area contributed by atoms with Crippen LogP contribution in [0.5, 0.6) is 0 Å². The van der Waals surface area contributed by atoms with Gasteiger partial charge in [-0.15, -0.1) is 0 Å². The van der Waals surface area contributed by atoms with Gasteiger partial charge in [-0.3, -0.25) is 0 Å². The largest absolute Gasteiger partial charge is 0.416 e. The number of rotatable bonds is 5. The third-order valence-electron chi connectivity index (χ3n) is 2.17. The van der Waals surface area contributed by atoms with Crippen molar-refractivity contribution in [1.29, 1.82) is 0 Å². The molecule has 0 aliphatic heterocycles. The van der Waals surface area contributed by atoms with Crippen molar-refractivity contribution in [3.63, 3.8) is 0 Å². The van der Waals surface area contributed by atoms with Gasteiger partial charge in [-0.05, 0) is 23.4 Å². The topological polar surface area (TPSA) is 12.0 Å². The van der Waals surface area contributed by atoms with Crippen molar-refractivity contribution < 1.29 is 13.2 Å². The highest BCUT2D eigenvalue weighted by atomic mass is 35.5. The molecule has 0 aliphatic rings. The summed E-state index contributed by atoms with van der Waals surface area (Å²) in [7, 11) is 0. The Labute approximate surface area is 114 Å². The van der Waals surface area contributed by atoms with Gasteiger partial charge in [0, 0.05) is 12.3 Å². The van der Waals surface area contributed by atoms with E-state index in [0.29, 0.717) is 17.5 Å². The number of hydrogen-bond acceptors (Lipinski definition) is 2. The molecule has 1 aromatic carbocycles. The quantitative estimate of drug-likeness (QED) is 0.775. The van der Waals surface area contributed by atoms with E-state index in [1.165, 1.54) is 6.07 Å². The maximum Gasteiger partial charge on any atom is 0.416 e. The molecular formula is C12H15ClF3NS. The van der Waals surface area contributed by atoms with Crippen molar-refractivity contribution in [3.8, 4) is 0 Å². The zero-order valence-corrected chi connectivity index (χ0v) is 11.7. The van der Waals surface area contributed by atoms with E-state index in [4.69, 9.17) is 11.6 Å². The van der Waals surface area contributed by atoms with E-state index in [2.05, 4.69) is 19.2 Å². The minimum Gasteiger partial charge on any atom is -0.383 e. The highest BCUT2D eigenvalue weighted by Gasteiger charge is 2.30. The Balaban J connectivity index is 2.58. The van der Waals surface area contributed by atoms with Gasteiger partial charge < -0.3 is 5.32 Å². The van der Waals surface area contributed by atoms with Gasteiger partial charge in [-0.1, -0.05) is 25.4 Å². The highest BCUT2D eigenvalue weighted by molar-refractivity contribution is 7.99. The first-order chi connectivity index (χ1) is 8.30. The number of benzene rings is 1. The van der Waals surface area contributed by atoms with E-state index in [1.807, 2.05) is 0 Å². The number of nitrogens with one attached hydrogen (secondary N) is 1. The number of hydrogen-bond donors (Lipinski definition) is 1. The molecule has 0 radical (unpaired) electrons. The molecule has 0 saturated carbocycles. The fraction of sp³-hybridized carbons (Fsp3) is 0.500. The molecule has 102 valence electrons. The van der Waals surface area contributed by atoms with Gasteiger partial charge >= 0.3 is 6.18 Å². The van der Waals surface area contributed by atoms with Crippen molar-refractivity contribution in [2.45, 2.75) is 25.3 Å². The van der Waals surface area contributed by atoms with E-state index in [-0.39, 0.29) is 5.02 Å². The Bertz CT molecular complexity index is 393. The Morgan fingerprint density at radius 1 is 1.33 bits per heavy atom. The number of thioether (sulfide) groups is 1. The van der Waals surface area contributed by atoms with Crippen LogP contribution in [0.3, 0.4) is 0 Å². The van der Waals surface area contributed by atoms with Crippen LogP contribution in [0.25, 0.3) is 0 Å². The van der Waals surface area contributed by atoms with Gasteiger partial charge in [0.25, 0.3) is 0 Å². The first kappa shape index (κ1) is 15.5. The summed E-state index contributed by atoms with van der Waals surface area (Å²) in [5, 5.41) is 3.66. The highest BCUT2D eigenvalue weighted by Crippen LogP contribution is 2.33. The third-order valence-corrected chi connectivity index (χ3v) is 3.58. The predicted molar refractivity (Wildman–Crippen MR) is 72.5 cm³/mol. The lowest BCUT2D eigenvalue weighted by atomic mass is 10.2. The van der Waals surface area contributed by atoms with Gasteiger partial charge in [0.1, 0.15) is 0 Å². The van der Waals surface area contributed by atoms with E-state index in [9.17, 15) is 13.2 Å². The molecule has 1 rings (SSSR count). The standard InChI is InChI=1S/C12H15ClF3NS/c1-8(2)18-6-5-17-11-4-3-9(7-10(11)13)12(14,15)16/h3-4,7-8,17H,5-6H2,1-2H3. The van der Waals surface area contributed by atoms with E-state index < -0.39 is 11.7 Å². The smallest absolute Gasteiger partial charge is 0.383 e. The Hall–Kier alpha value is -0.550. The summed E-state index contributed by atoms with van der Waals surface area (Å²) in [6.45, 7) is 4.86. The average Bonchev–Trinajstić information content (AvgIpc) is 2.24. The van der Waals surface area contributed by atoms with Crippen LogP contribution in [-0.2, 0) is 6.18 Å². The Morgan fingerprint density at radius 2 is 2.00 bits per heavy atom. The Kier molecular flexibility index (Phi) is 5.66. The molecule has 1 N–H and O–H groups in total. The molecule has 18 heavy (non-hydrogen) atoms. The number of halogens is 4. The zero-order chi connectivity index (χ0) is 13.8. The zero-order valence-electron chi connectivity index (χ0n) is 10.1. The summed E-state index contributed by atoms with van der Waals surface area (Å²) in [5.41, 5.74) is -0.191. The molecule has 0 bridgehead atoms. The van der Waals surface area contributed by atoms with Crippen molar-refractivity contribution >= 4 is 29.1 Å². The van der Waals surface area contributed by atoms with Crippen molar-refractivity contribution in [2.75, 3.05) is 17.6 Å². The summed E-state index contributed by atoms with van der Waals surface area (Å²) in [6, 6.07) is 3.34. The molecule has 0 saturated heterocycles. The molecule has 0 aromatic heterocycles. The third kappa shape index (κ3) is 4.98. The lowest BCUT2D eigenvalue weighted by Crippen LogP contribution is -2.08. The van der Waals surface area contributed by atoms with E-state index in [0.717, 1.165) is 17.9 Å². The second kappa shape index (κ2) is 6.57. The molecule has 6 heteroatoms. The summed E-state index contributed by atoms with van der Waals surface area (Å²) in [6.07, 6.45) is -4.35. The second-order valence-electron chi connectivity index (χ2n) is 4.04. The lowest BCUT2D eigenvalue weighted by molar-refractivity contribution is -0.137.